The Labute approximate surface area is 95.4 Å². The van der Waals surface area contributed by atoms with Gasteiger partial charge in [-0.05, 0) is 30.9 Å². The molecule has 0 bridgehead atoms. The Balaban J connectivity index is 2.20. The van der Waals surface area contributed by atoms with Gasteiger partial charge in [-0.3, -0.25) is 4.79 Å². The molecule has 0 saturated heterocycles. The molecule has 1 saturated carbocycles. The summed E-state index contributed by atoms with van der Waals surface area (Å²) in [6.07, 6.45) is 4.16. The molecular weight excluding hydrogens is 208 g/mol. The van der Waals surface area contributed by atoms with Gasteiger partial charge in [-0.15, -0.1) is 0 Å². The normalized spacial score (nSPS) is 15.3. The second-order valence-electron chi connectivity index (χ2n) is 4.19. The lowest BCUT2D eigenvalue weighted by molar-refractivity contribution is 0.0967. The second kappa shape index (κ2) is 4.36. The van der Waals surface area contributed by atoms with Crippen LogP contribution in [-0.2, 0) is 6.42 Å². The third-order valence-electron chi connectivity index (χ3n) is 2.81. The highest BCUT2D eigenvalue weighted by molar-refractivity contribution is 6.31. The van der Waals surface area contributed by atoms with Crippen LogP contribution >= 0.6 is 11.6 Å². The Bertz CT molecular complexity index is 380. The molecule has 2 heteroatoms. The Hall–Kier alpha value is -0.820. The van der Waals surface area contributed by atoms with E-state index in [1.54, 1.807) is 0 Å². The fourth-order valence-electron chi connectivity index (χ4n) is 1.75. The van der Waals surface area contributed by atoms with Gasteiger partial charge < -0.3 is 0 Å². The van der Waals surface area contributed by atoms with E-state index in [1.807, 2.05) is 18.2 Å². The number of hydrogen-bond donors (Lipinski definition) is 0. The first-order valence-corrected chi connectivity index (χ1v) is 5.92. The maximum absolute atomic E-state index is 11.8. The number of hydrogen-bond acceptors (Lipinski definition) is 1. The van der Waals surface area contributed by atoms with Crippen LogP contribution in [0.15, 0.2) is 18.2 Å². The van der Waals surface area contributed by atoms with Crippen LogP contribution in [0.1, 0.15) is 42.1 Å². The molecule has 0 radical (unpaired) electrons. The number of ketones is 1. The largest absolute Gasteiger partial charge is 0.294 e. The van der Waals surface area contributed by atoms with Crippen molar-refractivity contribution in [3.8, 4) is 0 Å². The maximum atomic E-state index is 11.8. The quantitative estimate of drug-likeness (QED) is 0.707. The summed E-state index contributed by atoms with van der Waals surface area (Å²) < 4.78 is 0. The van der Waals surface area contributed by atoms with Crippen molar-refractivity contribution in [3.05, 3.63) is 34.3 Å². The predicted octanol–water partition coefficient (Wildman–Crippen LogP) is 3.89. The van der Waals surface area contributed by atoms with E-state index in [2.05, 4.69) is 6.92 Å². The molecule has 1 aliphatic carbocycles. The van der Waals surface area contributed by atoms with Crippen molar-refractivity contribution in [1.29, 1.82) is 0 Å². The van der Waals surface area contributed by atoms with Crippen LogP contribution in [-0.4, -0.2) is 5.78 Å². The molecule has 0 N–H and O–H groups in total. The Morgan fingerprint density at radius 1 is 1.47 bits per heavy atom. The molecule has 1 nitrogen and oxygen atoms in total. The molecule has 0 heterocycles. The summed E-state index contributed by atoms with van der Waals surface area (Å²) >= 11 is 6.13. The van der Waals surface area contributed by atoms with Gasteiger partial charge in [-0.2, -0.15) is 0 Å². The Kier molecular flexibility index (Phi) is 3.11. The van der Waals surface area contributed by atoms with Gasteiger partial charge in [0.25, 0.3) is 0 Å². The summed E-state index contributed by atoms with van der Waals surface area (Å²) in [7, 11) is 0. The summed E-state index contributed by atoms with van der Waals surface area (Å²) in [5, 5.41) is 0.739. The summed E-state index contributed by atoms with van der Waals surface area (Å²) in [5.74, 6) is 0.540. The molecule has 1 aromatic carbocycles. The molecular formula is C13H15ClO. The van der Waals surface area contributed by atoms with Crippen LogP contribution in [0.4, 0.5) is 0 Å². The molecule has 0 aromatic heterocycles. The van der Waals surface area contributed by atoms with Gasteiger partial charge in [0.05, 0.1) is 0 Å². The molecule has 1 aromatic rings. The van der Waals surface area contributed by atoms with Gasteiger partial charge in [0.15, 0.2) is 5.78 Å². The molecule has 0 atom stereocenters. The smallest absolute Gasteiger partial charge is 0.165 e. The van der Waals surface area contributed by atoms with E-state index >= 15 is 0 Å². The zero-order chi connectivity index (χ0) is 10.8. The van der Waals surface area contributed by atoms with E-state index in [0.717, 1.165) is 41.8 Å². The van der Waals surface area contributed by atoms with Crippen molar-refractivity contribution in [2.45, 2.75) is 32.6 Å². The number of aryl methyl sites for hydroxylation is 1. The van der Waals surface area contributed by atoms with Crippen LogP contribution in [0.5, 0.6) is 0 Å². The molecule has 0 amide bonds. The van der Waals surface area contributed by atoms with E-state index in [-0.39, 0.29) is 11.7 Å². The fourth-order valence-corrected chi connectivity index (χ4v) is 2.03. The van der Waals surface area contributed by atoms with Gasteiger partial charge in [0.1, 0.15) is 0 Å². The molecule has 80 valence electrons. The number of carbonyl (C=O) groups is 1. The lowest BCUT2D eigenvalue weighted by Crippen LogP contribution is -2.01. The SMILES string of the molecule is CCCc1ccc(C(=O)C2CC2)cc1Cl. The van der Waals surface area contributed by atoms with Gasteiger partial charge in [-0.25, -0.2) is 0 Å². The van der Waals surface area contributed by atoms with Crippen LogP contribution in [0.25, 0.3) is 0 Å². The first kappa shape index (κ1) is 10.7. The topological polar surface area (TPSA) is 17.1 Å². The van der Waals surface area contributed by atoms with Crippen LogP contribution in [0.3, 0.4) is 0 Å². The number of benzene rings is 1. The van der Waals surface area contributed by atoms with E-state index in [4.69, 9.17) is 11.6 Å². The van der Waals surface area contributed by atoms with Crippen molar-refractivity contribution in [2.75, 3.05) is 0 Å². The maximum Gasteiger partial charge on any atom is 0.165 e. The molecule has 1 aliphatic rings. The molecule has 2 rings (SSSR count). The first-order valence-electron chi connectivity index (χ1n) is 5.55. The lowest BCUT2D eigenvalue weighted by atomic mass is 10.0. The molecule has 1 fully saturated rings. The Morgan fingerprint density at radius 2 is 2.20 bits per heavy atom. The number of halogens is 1. The molecule has 0 unspecified atom stereocenters. The average Bonchev–Trinajstić information content (AvgIpc) is 3.04. The number of carbonyl (C=O) groups excluding carboxylic acids is 1. The summed E-state index contributed by atoms with van der Waals surface area (Å²) in [6.45, 7) is 2.12. The van der Waals surface area contributed by atoms with Crippen molar-refractivity contribution in [2.24, 2.45) is 5.92 Å². The van der Waals surface area contributed by atoms with Gasteiger partial charge >= 0.3 is 0 Å². The van der Waals surface area contributed by atoms with Gasteiger partial charge in [-0.1, -0.05) is 37.1 Å². The highest BCUT2D eigenvalue weighted by Gasteiger charge is 2.30. The monoisotopic (exact) mass is 222 g/mol. The van der Waals surface area contributed by atoms with Gasteiger partial charge in [0, 0.05) is 16.5 Å². The number of rotatable bonds is 4. The minimum Gasteiger partial charge on any atom is -0.294 e. The van der Waals surface area contributed by atoms with Crippen LogP contribution in [0, 0.1) is 5.92 Å². The summed E-state index contributed by atoms with van der Waals surface area (Å²) in [6, 6.07) is 5.73. The van der Waals surface area contributed by atoms with Crippen molar-refractivity contribution in [3.63, 3.8) is 0 Å². The third kappa shape index (κ3) is 2.40. The second-order valence-corrected chi connectivity index (χ2v) is 4.60. The first-order chi connectivity index (χ1) is 7.22. The standard InChI is InChI=1S/C13H15ClO/c1-2-3-9-4-7-11(8-12(9)14)13(15)10-5-6-10/h4,7-8,10H,2-3,5-6H2,1H3. The highest BCUT2D eigenvalue weighted by Crippen LogP contribution is 2.33. The lowest BCUT2D eigenvalue weighted by Gasteiger charge is -2.05. The zero-order valence-electron chi connectivity index (χ0n) is 8.92. The van der Waals surface area contributed by atoms with Crippen molar-refractivity contribution in [1.82, 2.24) is 0 Å². The molecule has 15 heavy (non-hydrogen) atoms. The molecule has 0 spiro atoms. The average molecular weight is 223 g/mol. The minimum atomic E-state index is 0.264. The molecule has 0 aliphatic heterocycles. The van der Waals surface area contributed by atoms with E-state index in [9.17, 15) is 4.79 Å². The van der Waals surface area contributed by atoms with Crippen molar-refractivity contribution >= 4 is 17.4 Å². The highest BCUT2D eigenvalue weighted by atomic mass is 35.5. The summed E-state index contributed by atoms with van der Waals surface area (Å²) in [5.41, 5.74) is 1.92. The van der Waals surface area contributed by atoms with E-state index in [1.165, 1.54) is 0 Å². The predicted molar refractivity (Wildman–Crippen MR) is 62.5 cm³/mol. The minimum absolute atomic E-state index is 0.264. The van der Waals surface area contributed by atoms with Crippen LogP contribution < -0.4 is 0 Å². The van der Waals surface area contributed by atoms with E-state index < -0.39 is 0 Å². The Morgan fingerprint density at radius 3 is 2.73 bits per heavy atom. The summed E-state index contributed by atoms with van der Waals surface area (Å²) in [4.78, 5) is 11.8. The van der Waals surface area contributed by atoms with E-state index in [0.29, 0.717) is 0 Å². The van der Waals surface area contributed by atoms with Crippen molar-refractivity contribution < 1.29 is 4.79 Å². The van der Waals surface area contributed by atoms with Crippen LogP contribution in [0.2, 0.25) is 5.02 Å². The van der Waals surface area contributed by atoms with Gasteiger partial charge in [0.2, 0.25) is 0 Å². The third-order valence-corrected chi connectivity index (χ3v) is 3.16. The zero-order valence-corrected chi connectivity index (χ0v) is 9.68. The number of Topliss-reactive ketones (excluding diaryl/α,β-unsaturated/α-hetero) is 1. The fraction of sp³-hybridized carbons (Fsp3) is 0.462.